The first-order chi connectivity index (χ1) is 7.85. The fourth-order valence-corrected chi connectivity index (χ4v) is 1.35. The summed E-state index contributed by atoms with van der Waals surface area (Å²) in [7, 11) is 0. The van der Waals surface area contributed by atoms with Crippen LogP contribution in [0.3, 0.4) is 0 Å². The van der Waals surface area contributed by atoms with E-state index >= 15 is 0 Å². The van der Waals surface area contributed by atoms with Crippen LogP contribution in [0.2, 0.25) is 5.02 Å². The first-order valence-corrected chi connectivity index (χ1v) is 5.72. The SMILES string of the molecule is CCC(C)(O)CNC(=O)c1cc(Cl)ccc1O. The summed E-state index contributed by atoms with van der Waals surface area (Å²) in [6, 6.07) is 4.23. The molecule has 1 rings (SSSR count). The normalized spacial score (nSPS) is 14.1. The zero-order valence-electron chi connectivity index (χ0n) is 9.83. The Labute approximate surface area is 105 Å². The molecule has 0 bridgehead atoms. The van der Waals surface area contributed by atoms with Crippen LogP contribution in [0.4, 0.5) is 0 Å². The van der Waals surface area contributed by atoms with Crippen LogP contribution in [-0.2, 0) is 0 Å². The average Bonchev–Trinajstić information content (AvgIpc) is 2.29. The topological polar surface area (TPSA) is 69.6 Å². The zero-order valence-corrected chi connectivity index (χ0v) is 10.6. The van der Waals surface area contributed by atoms with Gasteiger partial charge in [0.25, 0.3) is 5.91 Å². The quantitative estimate of drug-likeness (QED) is 0.772. The van der Waals surface area contributed by atoms with E-state index in [0.29, 0.717) is 11.4 Å². The maximum absolute atomic E-state index is 11.7. The van der Waals surface area contributed by atoms with Crippen molar-refractivity contribution in [1.29, 1.82) is 0 Å². The molecule has 0 saturated heterocycles. The van der Waals surface area contributed by atoms with E-state index in [0.717, 1.165) is 0 Å². The largest absolute Gasteiger partial charge is 0.507 e. The van der Waals surface area contributed by atoms with E-state index in [9.17, 15) is 15.0 Å². The molecule has 1 aromatic rings. The fraction of sp³-hybridized carbons (Fsp3) is 0.417. The number of phenols is 1. The molecule has 5 heteroatoms. The van der Waals surface area contributed by atoms with Crippen LogP contribution < -0.4 is 5.32 Å². The van der Waals surface area contributed by atoms with Gasteiger partial charge in [0.2, 0.25) is 0 Å². The van der Waals surface area contributed by atoms with E-state index in [1.807, 2.05) is 6.92 Å². The van der Waals surface area contributed by atoms with Gasteiger partial charge in [-0.3, -0.25) is 4.79 Å². The minimum atomic E-state index is -0.955. The molecule has 0 aromatic heterocycles. The number of halogens is 1. The molecule has 1 unspecified atom stereocenters. The fourth-order valence-electron chi connectivity index (χ4n) is 1.18. The first-order valence-electron chi connectivity index (χ1n) is 5.35. The van der Waals surface area contributed by atoms with Crippen LogP contribution in [0.25, 0.3) is 0 Å². The zero-order chi connectivity index (χ0) is 13.1. The minimum absolute atomic E-state index is 0.101. The Morgan fingerprint density at radius 1 is 1.53 bits per heavy atom. The predicted octanol–water partition coefficient (Wildman–Crippen LogP) is 1.94. The first kappa shape index (κ1) is 13.8. The molecule has 17 heavy (non-hydrogen) atoms. The van der Waals surface area contributed by atoms with Crippen LogP contribution in [0.15, 0.2) is 18.2 Å². The van der Waals surface area contributed by atoms with E-state index < -0.39 is 11.5 Å². The smallest absolute Gasteiger partial charge is 0.255 e. The molecule has 4 nitrogen and oxygen atoms in total. The van der Waals surface area contributed by atoms with Crippen molar-refractivity contribution in [2.45, 2.75) is 25.9 Å². The van der Waals surface area contributed by atoms with Crippen molar-refractivity contribution < 1.29 is 15.0 Å². The van der Waals surface area contributed by atoms with Gasteiger partial charge in [-0.2, -0.15) is 0 Å². The van der Waals surface area contributed by atoms with Gasteiger partial charge < -0.3 is 15.5 Å². The van der Waals surface area contributed by atoms with Gasteiger partial charge in [0.05, 0.1) is 11.2 Å². The third-order valence-electron chi connectivity index (χ3n) is 2.59. The Balaban J connectivity index is 2.74. The molecule has 0 aliphatic carbocycles. The van der Waals surface area contributed by atoms with Crippen molar-refractivity contribution in [2.24, 2.45) is 0 Å². The van der Waals surface area contributed by atoms with Crippen LogP contribution >= 0.6 is 11.6 Å². The minimum Gasteiger partial charge on any atom is -0.507 e. The van der Waals surface area contributed by atoms with Gasteiger partial charge in [0.1, 0.15) is 5.75 Å². The molecule has 1 amide bonds. The summed E-state index contributed by atoms with van der Waals surface area (Å²) in [5.41, 5.74) is -0.853. The van der Waals surface area contributed by atoms with Crippen molar-refractivity contribution in [2.75, 3.05) is 6.54 Å². The lowest BCUT2D eigenvalue weighted by atomic mass is 10.0. The molecule has 0 radical (unpaired) electrons. The molecular weight excluding hydrogens is 242 g/mol. The lowest BCUT2D eigenvalue weighted by Crippen LogP contribution is -2.40. The Kier molecular flexibility index (Phi) is 4.37. The van der Waals surface area contributed by atoms with Gasteiger partial charge in [0.15, 0.2) is 0 Å². The molecule has 0 saturated carbocycles. The Morgan fingerprint density at radius 2 is 2.18 bits per heavy atom. The second-order valence-electron chi connectivity index (χ2n) is 4.19. The van der Waals surface area contributed by atoms with Crippen molar-refractivity contribution in [3.63, 3.8) is 0 Å². The number of amides is 1. The summed E-state index contributed by atoms with van der Waals surface area (Å²) in [5, 5.41) is 22.2. The summed E-state index contributed by atoms with van der Waals surface area (Å²) < 4.78 is 0. The van der Waals surface area contributed by atoms with Gasteiger partial charge >= 0.3 is 0 Å². The summed E-state index contributed by atoms with van der Waals surface area (Å²) in [6.07, 6.45) is 0.523. The predicted molar refractivity (Wildman–Crippen MR) is 66.4 cm³/mol. The number of carbonyl (C=O) groups excluding carboxylic acids is 1. The van der Waals surface area contributed by atoms with Gasteiger partial charge in [-0.1, -0.05) is 18.5 Å². The van der Waals surface area contributed by atoms with Crippen molar-refractivity contribution in [1.82, 2.24) is 5.32 Å². The number of rotatable bonds is 4. The molecule has 0 spiro atoms. The summed E-state index contributed by atoms with van der Waals surface area (Å²) in [5.74, 6) is -0.596. The molecule has 3 N–H and O–H groups in total. The van der Waals surface area contributed by atoms with Gasteiger partial charge in [-0.25, -0.2) is 0 Å². The summed E-state index contributed by atoms with van der Waals surface area (Å²) in [4.78, 5) is 11.7. The lowest BCUT2D eigenvalue weighted by Gasteiger charge is -2.21. The number of aromatic hydroxyl groups is 1. The van der Waals surface area contributed by atoms with Crippen LogP contribution in [0.1, 0.15) is 30.6 Å². The number of hydrogen-bond acceptors (Lipinski definition) is 3. The third-order valence-corrected chi connectivity index (χ3v) is 2.83. The van der Waals surface area contributed by atoms with Gasteiger partial charge in [-0.05, 0) is 31.5 Å². The van der Waals surface area contributed by atoms with Crippen molar-refractivity contribution in [3.8, 4) is 5.75 Å². The molecule has 0 aliphatic heterocycles. The number of phenolic OH excluding ortho intramolecular Hbond substituents is 1. The van der Waals surface area contributed by atoms with Gasteiger partial charge in [0, 0.05) is 11.6 Å². The molecule has 1 aromatic carbocycles. The van der Waals surface area contributed by atoms with Crippen molar-refractivity contribution in [3.05, 3.63) is 28.8 Å². The highest BCUT2D eigenvalue weighted by molar-refractivity contribution is 6.31. The standard InChI is InChI=1S/C12H16ClNO3/c1-3-12(2,17)7-14-11(16)9-6-8(13)4-5-10(9)15/h4-6,15,17H,3,7H2,1-2H3,(H,14,16). The van der Waals surface area contributed by atoms with E-state index in [2.05, 4.69) is 5.32 Å². The molecule has 1 atom stereocenters. The monoisotopic (exact) mass is 257 g/mol. The van der Waals surface area contributed by atoms with Crippen LogP contribution in [0, 0.1) is 0 Å². The Morgan fingerprint density at radius 3 is 2.76 bits per heavy atom. The molecular formula is C12H16ClNO3. The third kappa shape index (κ3) is 3.91. The number of carbonyl (C=O) groups is 1. The number of hydrogen-bond donors (Lipinski definition) is 3. The highest BCUT2D eigenvalue weighted by Crippen LogP contribution is 2.21. The lowest BCUT2D eigenvalue weighted by molar-refractivity contribution is 0.0517. The molecule has 0 heterocycles. The number of aliphatic hydroxyl groups is 1. The molecule has 0 fully saturated rings. The number of benzene rings is 1. The van der Waals surface area contributed by atoms with Gasteiger partial charge in [-0.15, -0.1) is 0 Å². The van der Waals surface area contributed by atoms with E-state index in [1.165, 1.54) is 18.2 Å². The van der Waals surface area contributed by atoms with Crippen LogP contribution in [-0.4, -0.2) is 28.3 Å². The van der Waals surface area contributed by atoms with Crippen LogP contribution in [0.5, 0.6) is 5.75 Å². The van der Waals surface area contributed by atoms with Crippen molar-refractivity contribution >= 4 is 17.5 Å². The second-order valence-corrected chi connectivity index (χ2v) is 4.63. The summed E-state index contributed by atoms with van der Waals surface area (Å²) >= 11 is 5.74. The van der Waals surface area contributed by atoms with E-state index in [1.54, 1.807) is 6.92 Å². The highest BCUT2D eigenvalue weighted by atomic mass is 35.5. The maximum Gasteiger partial charge on any atom is 0.255 e. The Bertz CT molecular complexity index is 418. The number of nitrogens with one attached hydrogen (secondary N) is 1. The summed E-state index contributed by atoms with van der Waals surface area (Å²) in [6.45, 7) is 3.57. The average molecular weight is 258 g/mol. The van der Waals surface area contributed by atoms with E-state index in [4.69, 9.17) is 11.6 Å². The Hall–Kier alpha value is -1.26. The van der Waals surface area contributed by atoms with E-state index in [-0.39, 0.29) is 17.9 Å². The molecule has 94 valence electrons. The highest BCUT2D eigenvalue weighted by Gasteiger charge is 2.20. The maximum atomic E-state index is 11.7. The molecule has 0 aliphatic rings. The second kappa shape index (κ2) is 5.38.